The Bertz CT molecular complexity index is 143. The van der Waals surface area contributed by atoms with Crippen LogP contribution < -0.4 is 5.32 Å². The molecule has 0 bridgehead atoms. The monoisotopic (exact) mass is 187 g/mol. The van der Waals surface area contributed by atoms with E-state index in [0.717, 1.165) is 26.2 Å². The Kier molecular flexibility index (Phi) is 4.78. The summed E-state index contributed by atoms with van der Waals surface area (Å²) in [6.45, 7) is 3.51. The van der Waals surface area contributed by atoms with Gasteiger partial charge in [-0.15, -0.1) is 0 Å². The molecule has 0 saturated carbocycles. The first-order valence-corrected chi connectivity index (χ1v) is 4.82. The zero-order chi connectivity index (χ0) is 9.52. The maximum absolute atomic E-state index is 10.2. The van der Waals surface area contributed by atoms with E-state index in [-0.39, 0.29) is 5.92 Å². The van der Waals surface area contributed by atoms with Crippen molar-refractivity contribution in [1.29, 1.82) is 0 Å². The van der Waals surface area contributed by atoms with Crippen molar-refractivity contribution in [1.82, 2.24) is 5.32 Å². The van der Waals surface area contributed by atoms with Crippen molar-refractivity contribution in [2.75, 3.05) is 26.3 Å². The molecule has 0 radical (unpaired) electrons. The Hall–Kier alpha value is -0.610. The van der Waals surface area contributed by atoms with Crippen LogP contribution in [0.2, 0.25) is 0 Å². The van der Waals surface area contributed by atoms with Crippen LogP contribution in [0.1, 0.15) is 19.3 Å². The SMILES string of the molecule is C1CCOC1.O=C(O)C1CCNC1. The lowest BCUT2D eigenvalue weighted by Crippen LogP contribution is -2.16. The molecule has 0 amide bonds. The molecular weight excluding hydrogens is 170 g/mol. The Labute approximate surface area is 78.3 Å². The summed E-state index contributed by atoms with van der Waals surface area (Å²) in [4.78, 5) is 10.2. The first-order chi connectivity index (χ1) is 6.30. The molecule has 13 heavy (non-hydrogen) atoms. The molecule has 1 unspecified atom stereocenters. The minimum Gasteiger partial charge on any atom is -0.481 e. The van der Waals surface area contributed by atoms with Crippen LogP contribution in [0.5, 0.6) is 0 Å². The number of rotatable bonds is 1. The minimum atomic E-state index is -0.671. The van der Waals surface area contributed by atoms with E-state index in [4.69, 9.17) is 9.84 Å². The Morgan fingerprint density at radius 2 is 2.08 bits per heavy atom. The van der Waals surface area contributed by atoms with Crippen molar-refractivity contribution < 1.29 is 14.6 Å². The van der Waals surface area contributed by atoms with Crippen LogP contribution in [-0.4, -0.2) is 37.4 Å². The van der Waals surface area contributed by atoms with Crippen molar-refractivity contribution >= 4 is 5.97 Å². The van der Waals surface area contributed by atoms with Crippen LogP contribution in [0.15, 0.2) is 0 Å². The Morgan fingerprint density at radius 3 is 2.31 bits per heavy atom. The molecule has 0 aromatic carbocycles. The molecule has 2 aliphatic heterocycles. The molecule has 0 spiro atoms. The second kappa shape index (κ2) is 5.94. The molecular formula is C9H17NO3. The molecule has 2 N–H and O–H groups in total. The van der Waals surface area contributed by atoms with Crippen molar-refractivity contribution in [2.24, 2.45) is 5.92 Å². The molecule has 2 saturated heterocycles. The van der Waals surface area contributed by atoms with Gasteiger partial charge < -0.3 is 15.2 Å². The van der Waals surface area contributed by atoms with Gasteiger partial charge in [0.15, 0.2) is 0 Å². The predicted octanol–water partition coefficient (Wildman–Crippen LogP) is 0.477. The third-order valence-corrected chi connectivity index (χ3v) is 2.24. The largest absolute Gasteiger partial charge is 0.481 e. The van der Waals surface area contributed by atoms with Gasteiger partial charge in [-0.05, 0) is 25.8 Å². The van der Waals surface area contributed by atoms with Crippen LogP contribution in [0.25, 0.3) is 0 Å². The molecule has 2 rings (SSSR count). The third-order valence-electron chi connectivity index (χ3n) is 2.24. The Morgan fingerprint density at radius 1 is 1.38 bits per heavy atom. The summed E-state index contributed by atoms with van der Waals surface area (Å²) in [6.07, 6.45) is 3.34. The highest BCUT2D eigenvalue weighted by Gasteiger charge is 2.20. The average molecular weight is 187 g/mol. The first kappa shape index (κ1) is 10.5. The maximum Gasteiger partial charge on any atom is 0.307 e. The molecule has 4 heteroatoms. The van der Waals surface area contributed by atoms with Crippen LogP contribution in [0.3, 0.4) is 0 Å². The van der Waals surface area contributed by atoms with Crippen LogP contribution in [-0.2, 0) is 9.53 Å². The zero-order valence-corrected chi connectivity index (χ0v) is 7.79. The molecule has 4 nitrogen and oxygen atoms in total. The number of carboxylic acids is 1. The van der Waals surface area contributed by atoms with Gasteiger partial charge >= 0.3 is 5.97 Å². The lowest BCUT2D eigenvalue weighted by molar-refractivity contribution is -0.140. The minimum absolute atomic E-state index is 0.130. The van der Waals surface area contributed by atoms with Crippen molar-refractivity contribution in [3.8, 4) is 0 Å². The summed E-state index contributed by atoms with van der Waals surface area (Å²) in [5.41, 5.74) is 0. The number of ether oxygens (including phenoxy) is 1. The summed E-state index contributed by atoms with van der Waals surface area (Å²) in [6, 6.07) is 0. The summed E-state index contributed by atoms with van der Waals surface area (Å²) in [5, 5.41) is 11.3. The van der Waals surface area contributed by atoms with E-state index in [1.54, 1.807) is 0 Å². The number of carbonyl (C=O) groups is 1. The van der Waals surface area contributed by atoms with Gasteiger partial charge in [-0.1, -0.05) is 0 Å². The van der Waals surface area contributed by atoms with Gasteiger partial charge in [-0.2, -0.15) is 0 Å². The van der Waals surface area contributed by atoms with Gasteiger partial charge in [0.2, 0.25) is 0 Å². The van der Waals surface area contributed by atoms with Crippen molar-refractivity contribution in [3.05, 3.63) is 0 Å². The van der Waals surface area contributed by atoms with E-state index in [1.807, 2.05) is 0 Å². The number of aliphatic carboxylic acids is 1. The van der Waals surface area contributed by atoms with E-state index < -0.39 is 5.97 Å². The molecule has 0 aromatic rings. The van der Waals surface area contributed by atoms with Gasteiger partial charge in [-0.3, -0.25) is 4.79 Å². The standard InChI is InChI=1S/C5H9NO2.C4H8O/c7-5(8)4-1-2-6-3-4;1-2-4-5-3-1/h4,6H,1-3H2,(H,7,8);1-4H2. The lowest BCUT2D eigenvalue weighted by atomic mass is 10.1. The van der Waals surface area contributed by atoms with Crippen molar-refractivity contribution in [2.45, 2.75) is 19.3 Å². The van der Waals surface area contributed by atoms with Crippen LogP contribution in [0.4, 0.5) is 0 Å². The summed E-state index contributed by atoms with van der Waals surface area (Å²) >= 11 is 0. The predicted molar refractivity (Wildman–Crippen MR) is 48.7 cm³/mol. The molecule has 0 aromatic heterocycles. The van der Waals surface area contributed by atoms with E-state index in [1.165, 1.54) is 12.8 Å². The Balaban J connectivity index is 0.000000145. The van der Waals surface area contributed by atoms with E-state index in [9.17, 15) is 4.79 Å². The fraction of sp³-hybridized carbons (Fsp3) is 0.889. The summed E-state index contributed by atoms with van der Waals surface area (Å²) < 4.78 is 4.94. The second-order valence-electron chi connectivity index (χ2n) is 3.35. The highest BCUT2D eigenvalue weighted by Crippen LogP contribution is 2.05. The fourth-order valence-electron chi connectivity index (χ4n) is 1.38. The quantitative estimate of drug-likeness (QED) is 0.626. The smallest absolute Gasteiger partial charge is 0.307 e. The number of hydrogen-bond acceptors (Lipinski definition) is 3. The normalized spacial score (nSPS) is 26.6. The molecule has 0 aliphatic carbocycles. The first-order valence-electron chi connectivity index (χ1n) is 4.82. The maximum atomic E-state index is 10.2. The molecule has 2 heterocycles. The second-order valence-corrected chi connectivity index (χ2v) is 3.35. The van der Waals surface area contributed by atoms with Gasteiger partial charge in [0.1, 0.15) is 0 Å². The van der Waals surface area contributed by atoms with E-state index in [0.29, 0.717) is 6.54 Å². The number of carboxylic acid groups (broad SMARTS) is 1. The third kappa shape index (κ3) is 4.24. The number of nitrogens with one attached hydrogen (secondary N) is 1. The highest BCUT2D eigenvalue weighted by molar-refractivity contribution is 5.70. The van der Waals surface area contributed by atoms with Gasteiger partial charge in [-0.25, -0.2) is 0 Å². The highest BCUT2D eigenvalue weighted by atomic mass is 16.5. The summed E-state index contributed by atoms with van der Waals surface area (Å²) in [7, 11) is 0. The van der Waals surface area contributed by atoms with E-state index in [2.05, 4.69) is 5.32 Å². The molecule has 76 valence electrons. The van der Waals surface area contributed by atoms with Gasteiger partial charge in [0, 0.05) is 19.8 Å². The van der Waals surface area contributed by atoms with E-state index >= 15 is 0 Å². The fourth-order valence-corrected chi connectivity index (χ4v) is 1.38. The summed E-state index contributed by atoms with van der Waals surface area (Å²) in [5.74, 6) is -0.801. The van der Waals surface area contributed by atoms with Gasteiger partial charge in [0.05, 0.1) is 5.92 Å². The molecule has 1 atom stereocenters. The molecule has 2 fully saturated rings. The zero-order valence-electron chi connectivity index (χ0n) is 7.79. The van der Waals surface area contributed by atoms with Gasteiger partial charge in [0.25, 0.3) is 0 Å². The number of hydrogen-bond donors (Lipinski definition) is 2. The molecule has 2 aliphatic rings. The van der Waals surface area contributed by atoms with Crippen LogP contribution in [0, 0.1) is 5.92 Å². The lowest BCUT2D eigenvalue weighted by Gasteiger charge is -1.96. The average Bonchev–Trinajstić information content (AvgIpc) is 2.82. The van der Waals surface area contributed by atoms with Crippen LogP contribution >= 0.6 is 0 Å². The topological polar surface area (TPSA) is 58.6 Å². The van der Waals surface area contributed by atoms with Crippen molar-refractivity contribution in [3.63, 3.8) is 0 Å².